The molecule has 0 aliphatic carbocycles. The summed E-state index contributed by atoms with van der Waals surface area (Å²) in [6.45, 7) is 1.62. The summed E-state index contributed by atoms with van der Waals surface area (Å²) in [4.78, 5) is 3.87. The van der Waals surface area contributed by atoms with Gasteiger partial charge in [0.1, 0.15) is 11.9 Å². The maximum absolute atomic E-state index is 12.7. The normalized spacial score (nSPS) is 14.9. The highest BCUT2D eigenvalue weighted by molar-refractivity contribution is 5.09. The maximum Gasteiger partial charge on any atom is 0.265 e. The van der Waals surface area contributed by atoms with Crippen molar-refractivity contribution in [2.24, 2.45) is 0 Å². The fraction of sp³-hybridized carbons (Fsp3) is 0.545. The zero-order valence-corrected chi connectivity index (χ0v) is 9.41. The molecule has 0 aromatic carbocycles. The van der Waals surface area contributed by atoms with E-state index in [9.17, 15) is 13.2 Å². The number of rotatable bonds is 6. The Morgan fingerprint density at radius 3 is 2.59 bits per heavy atom. The molecule has 0 aliphatic heterocycles. The number of nitrogens with zero attached hydrogens (tertiary/aromatic N) is 1. The number of aliphatic hydroxyl groups is 1. The minimum absolute atomic E-state index is 0.227. The molecule has 0 aliphatic rings. The van der Waals surface area contributed by atoms with Crippen LogP contribution in [0.1, 0.15) is 25.1 Å². The van der Waals surface area contributed by atoms with Crippen LogP contribution in [0.5, 0.6) is 0 Å². The van der Waals surface area contributed by atoms with Gasteiger partial charge in [0.15, 0.2) is 0 Å². The number of pyridine rings is 1. The molecule has 2 N–H and O–H groups in total. The first-order valence-corrected chi connectivity index (χ1v) is 5.35. The van der Waals surface area contributed by atoms with Crippen molar-refractivity contribution in [3.05, 3.63) is 29.8 Å². The van der Waals surface area contributed by atoms with Crippen LogP contribution in [0.3, 0.4) is 0 Å². The topological polar surface area (TPSA) is 45.1 Å². The van der Waals surface area contributed by atoms with Crippen LogP contribution in [0, 0.1) is 5.82 Å². The van der Waals surface area contributed by atoms with Gasteiger partial charge in [-0.3, -0.25) is 4.98 Å². The van der Waals surface area contributed by atoms with Crippen molar-refractivity contribution >= 4 is 0 Å². The molecule has 0 bridgehead atoms. The van der Waals surface area contributed by atoms with Crippen molar-refractivity contribution in [1.29, 1.82) is 0 Å². The first-order valence-electron chi connectivity index (χ1n) is 5.35. The monoisotopic (exact) mass is 248 g/mol. The Morgan fingerprint density at radius 1 is 1.41 bits per heavy atom. The summed E-state index contributed by atoms with van der Waals surface area (Å²) in [6.07, 6.45) is -2.80. The largest absolute Gasteiger partial charge is 0.386 e. The van der Waals surface area contributed by atoms with Crippen LogP contribution in [0.4, 0.5) is 13.2 Å². The van der Waals surface area contributed by atoms with Gasteiger partial charge in [-0.15, -0.1) is 0 Å². The van der Waals surface area contributed by atoms with Gasteiger partial charge in [0.25, 0.3) is 6.43 Å². The molecule has 0 saturated heterocycles. The second-order valence-corrected chi connectivity index (χ2v) is 3.67. The van der Waals surface area contributed by atoms with E-state index in [-0.39, 0.29) is 12.6 Å². The summed E-state index contributed by atoms with van der Waals surface area (Å²) in [5.41, 5.74) is 0.565. The molecule has 1 heterocycles. The molecule has 3 nitrogen and oxygen atoms in total. The van der Waals surface area contributed by atoms with Gasteiger partial charge in [-0.2, -0.15) is 0 Å². The summed E-state index contributed by atoms with van der Waals surface area (Å²) in [5, 5.41) is 11.7. The number of aromatic nitrogens is 1. The number of aliphatic hydroxyl groups excluding tert-OH is 1. The molecule has 0 radical (unpaired) electrons. The van der Waals surface area contributed by atoms with Crippen LogP contribution in [0.15, 0.2) is 18.3 Å². The van der Waals surface area contributed by atoms with Crippen molar-refractivity contribution in [1.82, 2.24) is 10.3 Å². The first-order chi connectivity index (χ1) is 8.04. The number of halogens is 3. The second-order valence-electron chi connectivity index (χ2n) is 3.67. The second kappa shape index (κ2) is 6.56. The minimum Gasteiger partial charge on any atom is -0.386 e. The average molecular weight is 248 g/mol. The maximum atomic E-state index is 12.7. The average Bonchev–Trinajstić information content (AvgIpc) is 2.31. The number of hydrogen-bond donors (Lipinski definition) is 2. The van der Waals surface area contributed by atoms with Gasteiger partial charge in [-0.05, 0) is 18.6 Å². The van der Waals surface area contributed by atoms with E-state index >= 15 is 0 Å². The van der Waals surface area contributed by atoms with Crippen molar-refractivity contribution in [3.63, 3.8) is 0 Å². The van der Waals surface area contributed by atoms with Gasteiger partial charge in [0, 0.05) is 12.6 Å². The molecule has 2 atom stereocenters. The highest BCUT2D eigenvalue weighted by Gasteiger charge is 2.19. The van der Waals surface area contributed by atoms with Crippen LogP contribution in [-0.4, -0.2) is 29.2 Å². The van der Waals surface area contributed by atoms with Gasteiger partial charge in [-0.25, -0.2) is 13.2 Å². The summed E-state index contributed by atoms with van der Waals surface area (Å²) in [7, 11) is 0. The van der Waals surface area contributed by atoms with E-state index < -0.39 is 18.3 Å². The lowest BCUT2D eigenvalue weighted by molar-refractivity contribution is -0.00477. The number of nitrogens with one attached hydrogen (secondary N) is 1. The zero-order valence-electron chi connectivity index (χ0n) is 9.41. The Labute approximate surface area is 97.7 Å². The third-order valence-corrected chi connectivity index (χ3v) is 2.38. The molecule has 1 rings (SSSR count). The van der Waals surface area contributed by atoms with Gasteiger partial charge < -0.3 is 10.4 Å². The molecule has 96 valence electrons. The molecule has 0 spiro atoms. The highest BCUT2D eigenvalue weighted by Crippen LogP contribution is 2.14. The Bertz CT molecular complexity index is 332. The van der Waals surface area contributed by atoms with E-state index in [1.54, 1.807) is 0 Å². The Hall–Kier alpha value is -1.14. The highest BCUT2D eigenvalue weighted by atomic mass is 19.3. The standard InChI is InChI=1S/C11H15F3N2O/c1-2-8(16-6-10(17)11(13)14)9-4-3-7(12)5-15-9/h3-5,8,10-11,16-17H,2,6H2,1H3. The van der Waals surface area contributed by atoms with Crippen molar-refractivity contribution in [2.45, 2.75) is 31.9 Å². The lowest BCUT2D eigenvalue weighted by Gasteiger charge is -2.18. The van der Waals surface area contributed by atoms with Crippen LogP contribution >= 0.6 is 0 Å². The fourth-order valence-electron chi connectivity index (χ4n) is 1.40. The van der Waals surface area contributed by atoms with E-state index in [1.165, 1.54) is 12.1 Å². The smallest absolute Gasteiger partial charge is 0.265 e. The molecule has 0 saturated carbocycles. The summed E-state index contributed by atoms with van der Waals surface area (Å²) >= 11 is 0. The fourth-order valence-corrected chi connectivity index (χ4v) is 1.40. The van der Waals surface area contributed by atoms with Gasteiger partial charge in [0.2, 0.25) is 0 Å². The van der Waals surface area contributed by atoms with Gasteiger partial charge in [0.05, 0.1) is 11.9 Å². The van der Waals surface area contributed by atoms with Crippen LogP contribution < -0.4 is 5.32 Å². The molecule has 17 heavy (non-hydrogen) atoms. The van der Waals surface area contributed by atoms with Crippen molar-refractivity contribution in [2.75, 3.05) is 6.54 Å². The summed E-state index contributed by atoms with van der Waals surface area (Å²) < 4.78 is 36.8. The summed E-state index contributed by atoms with van der Waals surface area (Å²) in [5.74, 6) is -0.448. The van der Waals surface area contributed by atoms with Gasteiger partial charge in [-0.1, -0.05) is 6.92 Å². The lowest BCUT2D eigenvalue weighted by Crippen LogP contribution is -2.34. The van der Waals surface area contributed by atoms with Crippen LogP contribution in [0.2, 0.25) is 0 Å². The molecule has 6 heteroatoms. The van der Waals surface area contributed by atoms with E-state index in [0.717, 1.165) is 6.20 Å². The molecule has 0 fully saturated rings. The third kappa shape index (κ3) is 4.32. The molecule has 0 amide bonds. The molecule has 1 aromatic rings. The van der Waals surface area contributed by atoms with Crippen LogP contribution in [0.25, 0.3) is 0 Å². The molecular weight excluding hydrogens is 233 g/mol. The first kappa shape index (κ1) is 13.9. The minimum atomic E-state index is -2.78. The van der Waals surface area contributed by atoms with Crippen molar-refractivity contribution in [3.8, 4) is 0 Å². The summed E-state index contributed by atoms with van der Waals surface area (Å²) in [6, 6.07) is 2.48. The van der Waals surface area contributed by atoms with E-state index in [1.807, 2.05) is 6.92 Å². The predicted molar refractivity (Wildman–Crippen MR) is 57.2 cm³/mol. The molecule has 2 unspecified atom stereocenters. The molecule has 1 aromatic heterocycles. The van der Waals surface area contributed by atoms with Crippen LogP contribution in [-0.2, 0) is 0 Å². The SMILES string of the molecule is CCC(NCC(O)C(F)F)c1ccc(F)cn1. The van der Waals surface area contributed by atoms with E-state index in [0.29, 0.717) is 12.1 Å². The predicted octanol–water partition coefficient (Wildman–Crippen LogP) is 1.89. The Morgan fingerprint density at radius 2 is 2.12 bits per heavy atom. The zero-order chi connectivity index (χ0) is 12.8. The van der Waals surface area contributed by atoms with E-state index in [4.69, 9.17) is 5.11 Å². The molecular formula is C11H15F3N2O. The van der Waals surface area contributed by atoms with Gasteiger partial charge >= 0.3 is 0 Å². The Balaban J connectivity index is 2.57. The van der Waals surface area contributed by atoms with E-state index in [2.05, 4.69) is 10.3 Å². The Kier molecular flexibility index (Phi) is 5.37. The lowest BCUT2D eigenvalue weighted by atomic mass is 10.1. The van der Waals surface area contributed by atoms with Crippen molar-refractivity contribution < 1.29 is 18.3 Å². The third-order valence-electron chi connectivity index (χ3n) is 2.38. The number of alkyl halides is 2. The quantitative estimate of drug-likeness (QED) is 0.808. The number of hydrogen-bond acceptors (Lipinski definition) is 3.